The molecule has 5 nitrogen and oxygen atoms in total. The highest BCUT2D eigenvalue weighted by molar-refractivity contribution is 5.86. The van der Waals surface area contributed by atoms with Gasteiger partial charge in [0, 0.05) is 60.4 Å². The normalized spacial score (nSPS) is 20.2. The number of pyridine rings is 2. The van der Waals surface area contributed by atoms with Gasteiger partial charge in [-0.3, -0.25) is 9.69 Å². The van der Waals surface area contributed by atoms with E-state index in [9.17, 15) is 4.79 Å². The van der Waals surface area contributed by atoms with Crippen LogP contribution in [-0.4, -0.2) is 41.0 Å². The molecule has 1 saturated heterocycles. The maximum Gasteiger partial charge on any atom is 0.256 e. The second-order valence-corrected chi connectivity index (χ2v) is 9.85. The van der Waals surface area contributed by atoms with E-state index in [0.29, 0.717) is 23.7 Å². The minimum absolute atomic E-state index is 0.0659. The van der Waals surface area contributed by atoms with Crippen LogP contribution >= 0.6 is 0 Å². The number of rotatable bonds is 7. The number of H-pyrrole nitrogens is 1. The van der Waals surface area contributed by atoms with E-state index in [0.717, 1.165) is 28.7 Å². The maximum atomic E-state index is 13.0. The van der Waals surface area contributed by atoms with Crippen LogP contribution in [0.1, 0.15) is 70.9 Å². The van der Waals surface area contributed by atoms with Gasteiger partial charge in [-0.25, -0.2) is 4.98 Å². The molecule has 1 N–H and O–H groups in total. The number of fused-ring (bicyclic) bond motifs is 1. The van der Waals surface area contributed by atoms with Crippen molar-refractivity contribution in [2.24, 2.45) is 0 Å². The molecule has 0 bridgehead atoms. The minimum Gasteiger partial charge on any atom is -0.363 e. The van der Waals surface area contributed by atoms with E-state index in [1.54, 1.807) is 6.20 Å². The molecular formula is C28H38N4O. The molecule has 33 heavy (non-hydrogen) atoms. The van der Waals surface area contributed by atoms with Crippen molar-refractivity contribution in [2.75, 3.05) is 19.0 Å². The summed E-state index contributed by atoms with van der Waals surface area (Å²) < 4.78 is 0. The average molecular weight is 447 g/mol. The summed E-state index contributed by atoms with van der Waals surface area (Å²) in [6, 6.07) is 13.9. The zero-order chi connectivity index (χ0) is 23.5. The van der Waals surface area contributed by atoms with Crippen LogP contribution in [0, 0.1) is 0 Å². The predicted octanol–water partition coefficient (Wildman–Crippen LogP) is 6.15. The SMILES string of the molecule is CCCCC(c1cccc2[nH]c(=O)c(-c3ccc(N(C)C)nc3)cc12)N1C(C)CCCC1C. The first-order valence-electron chi connectivity index (χ1n) is 12.5. The maximum absolute atomic E-state index is 13.0. The molecule has 3 unspecified atom stereocenters. The Hall–Kier alpha value is -2.66. The van der Waals surface area contributed by atoms with Crippen molar-refractivity contribution < 1.29 is 0 Å². The van der Waals surface area contributed by atoms with Gasteiger partial charge in [-0.15, -0.1) is 0 Å². The Bertz CT molecular complexity index is 1120. The molecule has 1 fully saturated rings. The molecule has 0 amide bonds. The molecular weight excluding hydrogens is 408 g/mol. The smallest absolute Gasteiger partial charge is 0.256 e. The minimum atomic E-state index is -0.0659. The van der Waals surface area contributed by atoms with E-state index in [-0.39, 0.29) is 5.56 Å². The molecule has 3 aromatic rings. The van der Waals surface area contributed by atoms with Gasteiger partial charge in [-0.05, 0) is 62.9 Å². The van der Waals surface area contributed by atoms with Crippen molar-refractivity contribution in [1.82, 2.24) is 14.9 Å². The fraction of sp³-hybridized carbons (Fsp3) is 0.500. The molecule has 0 spiro atoms. The third kappa shape index (κ3) is 4.84. The summed E-state index contributed by atoms with van der Waals surface area (Å²) in [6.07, 6.45) is 9.14. The average Bonchev–Trinajstić information content (AvgIpc) is 2.80. The van der Waals surface area contributed by atoms with Crippen LogP contribution in [0.2, 0.25) is 0 Å². The number of hydrogen-bond donors (Lipinski definition) is 1. The summed E-state index contributed by atoms with van der Waals surface area (Å²) in [4.78, 5) is 25.4. The van der Waals surface area contributed by atoms with Gasteiger partial charge in [0.05, 0.1) is 0 Å². The third-order valence-corrected chi connectivity index (χ3v) is 7.25. The van der Waals surface area contributed by atoms with Gasteiger partial charge in [0.25, 0.3) is 5.56 Å². The fourth-order valence-corrected chi connectivity index (χ4v) is 5.49. The molecule has 5 heteroatoms. The fourth-order valence-electron chi connectivity index (χ4n) is 5.49. The standard InChI is InChI=1S/C28H38N4O/c1-6-7-14-26(32-19(2)10-8-11-20(32)3)22-12-9-13-25-24(22)17-23(28(33)30-25)21-15-16-27(29-18-21)31(4)5/h9,12-13,15-20,26H,6-8,10-11,14H2,1-5H3,(H,30,33). The van der Waals surface area contributed by atoms with Crippen LogP contribution in [0.3, 0.4) is 0 Å². The molecule has 176 valence electrons. The van der Waals surface area contributed by atoms with Gasteiger partial charge in [-0.2, -0.15) is 0 Å². The van der Waals surface area contributed by atoms with Gasteiger partial charge in [-0.1, -0.05) is 38.3 Å². The number of nitrogens with zero attached hydrogens (tertiary/aromatic N) is 3. The highest BCUT2D eigenvalue weighted by Gasteiger charge is 2.32. The number of anilines is 1. The third-order valence-electron chi connectivity index (χ3n) is 7.25. The molecule has 4 rings (SSSR count). The number of nitrogens with one attached hydrogen (secondary N) is 1. The number of likely N-dealkylation sites (tertiary alicyclic amines) is 1. The molecule has 2 aromatic heterocycles. The van der Waals surface area contributed by atoms with Crippen molar-refractivity contribution in [1.29, 1.82) is 0 Å². The molecule has 0 aliphatic carbocycles. The van der Waals surface area contributed by atoms with E-state index < -0.39 is 0 Å². The Morgan fingerprint density at radius 1 is 1.15 bits per heavy atom. The van der Waals surface area contributed by atoms with E-state index in [2.05, 4.69) is 53.8 Å². The second-order valence-electron chi connectivity index (χ2n) is 9.85. The Balaban J connectivity index is 1.83. The van der Waals surface area contributed by atoms with Gasteiger partial charge in [0.1, 0.15) is 5.82 Å². The monoisotopic (exact) mass is 446 g/mol. The molecule has 1 aliphatic heterocycles. The van der Waals surface area contributed by atoms with E-state index in [1.165, 1.54) is 37.7 Å². The van der Waals surface area contributed by atoms with Gasteiger partial charge < -0.3 is 9.88 Å². The van der Waals surface area contributed by atoms with Crippen molar-refractivity contribution in [2.45, 2.75) is 77.4 Å². The van der Waals surface area contributed by atoms with E-state index in [4.69, 9.17) is 0 Å². The van der Waals surface area contributed by atoms with E-state index >= 15 is 0 Å². The highest BCUT2D eigenvalue weighted by Crippen LogP contribution is 2.38. The van der Waals surface area contributed by atoms with Crippen LogP contribution in [0.25, 0.3) is 22.0 Å². The van der Waals surface area contributed by atoms with Crippen LogP contribution in [0.4, 0.5) is 5.82 Å². The number of hydrogen-bond acceptors (Lipinski definition) is 4. The summed E-state index contributed by atoms with van der Waals surface area (Å²) in [5.74, 6) is 0.879. The molecule has 0 radical (unpaired) electrons. The first-order chi connectivity index (χ1) is 15.9. The zero-order valence-corrected chi connectivity index (χ0v) is 20.8. The lowest BCUT2D eigenvalue weighted by molar-refractivity contribution is 0.0496. The predicted molar refractivity (Wildman–Crippen MR) is 139 cm³/mol. The lowest BCUT2D eigenvalue weighted by Crippen LogP contribution is -2.46. The van der Waals surface area contributed by atoms with Crippen molar-refractivity contribution in [3.05, 3.63) is 58.5 Å². The summed E-state index contributed by atoms with van der Waals surface area (Å²) in [7, 11) is 3.94. The Labute approximate surface area is 197 Å². The first kappa shape index (κ1) is 23.5. The summed E-state index contributed by atoms with van der Waals surface area (Å²) in [5, 5.41) is 1.15. The van der Waals surface area contributed by atoms with Crippen LogP contribution in [-0.2, 0) is 0 Å². The second kappa shape index (κ2) is 10.1. The molecule has 3 atom stereocenters. The largest absolute Gasteiger partial charge is 0.363 e. The number of piperidine rings is 1. The summed E-state index contributed by atoms with van der Waals surface area (Å²) >= 11 is 0. The van der Waals surface area contributed by atoms with Crippen molar-refractivity contribution in [3.8, 4) is 11.1 Å². The zero-order valence-electron chi connectivity index (χ0n) is 20.8. The van der Waals surface area contributed by atoms with Crippen molar-refractivity contribution in [3.63, 3.8) is 0 Å². The molecule has 1 aliphatic rings. The van der Waals surface area contributed by atoms with Crippen molar-refractivity contribution >= 4 is 16.7 Å². The van der Waals surface area contributed by atoms with Crippen LogP contribution in [0.15, 0.2) is 47.4 Å². The first-order valence-corrected chi connectivity index (χ1v) is 12.5. The lowest BCUT2D eigenvalue weighted by Gasteiger charge is -2.45. The number of aromatic nitrogens is 2. The van der Waals surface area contributed by atoms with Gasteiger partial charge in [0.2, 0.25) is 0 Å². The Morgan fingerprint density at radius 3 is 2.55 bits per heavy atom. The Kier molecular flexibility index (Phi) is 7.18. The summed E-state index contributed by atoms with van der Waals surface area (Å²) in [5.41, 5.74) is 3.71. The van der Waals surface area contributed by atoms with Crippen LogP contribution < -0.4 is 10.5 Å². The number of unbranched alkanes of at least 4 members (excludes halogenated alkanes) is 1. The van der Waals surface area contributed by atoms with Gasteiger partial charge in [0.15, 0.2) is 0 Å². The lowest BCUT2D eigenvalue weighted by atomic mass is 9.88. The number of aromatic amines is 1. The quantitative estimate of drug-likeness (QED) is 0.473. The van der Waals surface area contributed by atoms with Crippen LogP contribution in [0.5, 0.6) is 0 Å². The summed E-state index contributed by atoms with van der Waals surface area (Å²) in [6.45, 7) is 7.03. The number of benzene rings is 1. The topological polar surface area (TPSA) is 52.2 Å². The van der Waals surface area contributed by atoms with Gasteiger partial charge >= 0.3 is 0 Å². The molecule has 0 saturated carbocycles. The van der Waals surface area contributed by atoms with E-state index in [1.807, 2.05) is 37.2 Å². The highest BCUT2D eigenvalue weighted by atomic mass is 16.1. The molecule has 3 heterocycles. The Morgan fingerprint density at radius 2 is 1.91 bits per heavy atom. The molecule has 1 aromatic carbocycles.